The molecule has 0 saturated carbocycles. The zero-order valence-corrected chi connectivity index (χ0v) is 7.98. The molecule has 1 heterocycles. The van der Waals surface area contributed by atoms with E-state index in [1.165, 1.54) is 10.7 Å². The molecule has 0 aliphatic rings. The van der Waals surface area contributed by atoms with Crippen LogP contribution in [0.1, 0.15) is 0 Å². The van der Waals surface area contributed by atoms with Crippen LogP contribution in [-0.2, 0) is 0 Å². The van der Waals surface area contributed by atoms with Gasteiger partial charge in [0.1, 0.15) is 0 Å². The molecule has 0 aliphatic heterocycles. The zero-order chi connectivity index (χ0) is 9.97. The van der Waals surface area contributed by atoms with Crippen molar-refractivity contribution in [2.24, 2.45) is 0 Å². The van der Waals surface area contributed by atoms with Crippen molar-refractivity contribution in [3.63, 3.8) is 0 Å². The van der Waals surface area contributed by atoms with E-state index >= 15 is 0 Å². The van der Waals surface area contributed by atoms with Crippen molar-refractivity contribution < 1.29 is 0 Å². The Morgan fingerprint density at radius 3 is 2.64 bits per heavy atom. The van der Waals surface area contributed by atoms with Crippen LogP contribution in [0.2, 0.25) is 5.02 Å². The Balaban J connectivity index is 2.67. The topological polar surface area (TPSA) is 34.9 Å². The van der Waals surface area contributed by atoms with Crippen molar-refractivity contribution in [2.75, 3.05) is 0 Å². The minimum absolute atomic E-state index is 0.194. The fourth-order valence-electron chi connectivity index (χ4n) is 1.16. The van der Waals surface area contributed by atoms with Gasteiger partial charge in [0.15, 0.2) is 0 Å². The van der Waals surface area contributed by atoms with Crippen LogP contribution in [0.25, 0.3) is 5.69 Å². The highest BCUT2D eigenvalue weighted by atomic mass is 35.5. The molecule has 0 amide bonds. The number of hydrogen-bond donors (Lipinski definition) is 0. The molecule has 0 saturated heterocycles. The van der Waals surface area contributed by atoms with Gasteiger partial charge in [0, 0.05) is 12.3 Å². The second kappa shape index (κ2) is 3.64. The lowest BCUT2D eigenvalue weighted by atomic mass is 10.3. The highest BCUT2D eigenvalue weighted by molar-refractivity contribution is 6.32. The first kappa shape index (κ1) is 8.97. The quantitative estimate of drug-likeness (QED) is 0.714. The Hall–Kier alpha value is -1.61. The van der Waals surface area contributed by atoms with E-state index in [9.17, 15) is 4.79 Å². The predicted molar refractivity (Wildman–Crippen MR) is 54.8 cm³/mol. The van der Waals surface area contributed by atoms with Gasteiger partial charge in [0.25, 0.3) is 5.56 Å². The van der Waals surface area contributed by atoms with Gasteiger partial charge in [0.2, 0.25) is 0 Å². The number of nitrogens with zero attached hydrogens (tertiary/aromatic N) is 2. The summed E-state index contributed by atoms with van der Waals surface area (Å²) < 4.78 is 1.27. The highest BCUT2D eigenvalue weighted by Crippen LogP contribution is 2.16. The molecule has 3 nitrogen and oxygen atoms in total. The zero-order valence-electron chi connectivity index (χ0n) is 7.22. The fourth-order valence-corrected chi connectivity index (χ4v) is 1.38. The molecule has 1 aromatic heterocycles. The van der Waals surface area contributed by atoms with Crippen LogP contribution in [-0.4, -0.2) is 9.78 Å². The van der Waals surface area contributed by atoms with Crippen molar-refractivity contribution in [1.29, 1.82) is 0 Å². The van der Waals surface area contributed by atoms with Crippen LogP contribution in [0.3, 0.4) is 0 Å². The van der Waals surface area contributed by atoms with E-state index in [0.717, 1.165) is 0 Å². The molecule has 4 heteroatoms. The van der Waals surface area contributed by atoms with Gasteiger partial charge in [0.05, 0.1) is 10.7 Å². The summed E-state index contributed by atoms with van der Waals surface area (Å²) in [4.78, 5) is 11.4. The van der Waals surface area contributed by atoms with Gasteiger partial charge in [-0.25, -0.2) is 0 Å². The van der Waals surface area contributed by atoms with Crippen molar-refractivity contribution in [1.82, 2.24) is 9.78 Å². The summed E-state index contributed by atoms with van der Waals surface area (Å²) in [5.74, 6) is 0. The summed E-state index contributed by atoms with van der Waals surface area (Å²) >= 11 is 5.93. The molecule has 0 aliphatic carbocycles. The number of aromatic nitrogens is 2. The molecule has 0 fully saturated rings. The molecule has 0 radical (unpaired) electrons. The van der Waals surface area contributed by atoms with Crippen molar-refractivity contribution >= 4 is 11.6 Å². The second-order valence-corrected chi connectivity index (χ2v) is 3.13. The fraction of sp³-hybridized carbons (Fsp3) is 0. The van der Waals surface area contributed by atoms with Gasteiger partial charge in [-0.1, -0.05) is 23.7 Å². The molecule has 70 valence electrons. The van der Waals surface area contributed by atoms with Gasteiger partial charge in [-0.15, -0.1) is 0 Å². The summed E-state index contributed by atoms with van der Waals surface area (Å²) in [5.41, 5.74) is 0.403. The average molecular weight is 207 g/mol. The van der Waals surface area contributed by atoms with Crippen molar-refractivity contribution in [3.05, 3.63) is 58.0 Å². The molecule has 14 heavy (non-hydrogen) atoms. The van der Waals surface area contributed by atoms with Gasteiger partial charge in [-0.3, -0.25) is 4.79 Å². The lowest BCUT2D eigenvalue weighted by Gasteiger charge is -2.04. The molecular formula is C10H7ClN2O. The maximum absolute atomic E-state index is 11.4. The molecule has 2 rings (SSSR count). The smallest absolute Gasteiger partial charge is 0.267 e. The number of hydrogen-bond acceptors (Lipinski definition) is 2. The minimum atomic E-state index is -0.194. The van der Waals surface area contributed by atoms with E-state index in [1.807, 2.05) is 6.07 Å². The minimum Gasteiger partial charge on any atom is -0.267 e. The number of halogens is 1. The first-order valence-corrected chi connectivity index (χ1v) is 4.46. The van der Waals surface area contributed by atoms with E-state index in [1.54, 1.807) is 30.5 Å². The van der Waals surface area contributed by atoms with E-state index in [-0.39, 0.29) is 5.56 Å². The predicted octanol–water partition coefficient (Wildman–Crippen LogP) is 1.89. The lowest BCUT2D eigenvalue weighted by molar-refractivity contribution is 0.807. The summed E-state index contributed by atoms with van der Waals surface area (Å²) in [6.07, 6.45) is 1.55. The molecule has 0 N–H and O–H groups in total. The van der Waals surface area contributed by atoms with Gasteiger partial charge < -0.3 is 0 Å². The molecule has 0 spiro atoms. The molecule has 1 aromatic carbocycles. The van der Waals surface area contributed by atoms with Crippen LogP contribution >= 0.6 is 11.6 Å². The van der Waals surface area contributed by atoms with Crippen LogP contribution in [0, 0.1) is 0 Å². The maximum Gasteiger partial charge on any atom is 0.271 e. The lowest BCUT2D eigenvalue weighted by Crippen LogP contribution is -2.19. The van der Waals surface area contributed by atoms with Crippen molar-refractivity contribution in [3.8, 4) is 5.69 Å². The van der Waals surface area contributed by atoms with Gasteiger partial charge in [-0.2, -0.15) is 9.78 Å². The largest absolute Gasteiger partial charge is 0.271 e. The summed E-state index contributed by atoms with van der Waals surface area (Å²) in [5, 5.41) is 4.44. The van der Waals surface area contributed by atoms with Gasteiger partial charge in [-0.05, 0) is 18.2 Å². The Morgan fingerprint density at radius 1 is 1.14 bits per heavy atom. The molecule has 0 atom stereocenters. The van der Waals surface area contributed by atoms with E-state index in [0.29, 0.717) is 10.7 Å². The summed E-state index contributed by atoms with van der Waals surface area (Å²) in [6, 6.07) is 10.1. The third-order valence-electron chi connectivity index (χ3n) is 1.80. The standard InChI is InChI=1S/C10H7ClN2O/c11-8-4-1-2-5-9(8)13-10(14)6-3-7-12-13/h1-7H. The Bertz CT molecular complexity index is 507. The monoisotopic (exact) mass is 206 g/mol. The van der Waals surface area contributed by atoms with Gasteiger partial charge >= 0.3 is 0 Å². The Labute approximate surface area is 85.6 Å². The molecule has 0 bridgehead atoms. The summed E-state index contributed by atoms with van der Waals surface area (Å²) in [6.45, 7) is 0. The molecular weight excluding hydrogens is 200 g/mol. The number of para-hydroxylation sites is 1. The first-order chi connectivity index (χ1) is 6.79. The normalized spacial score (nSPS) is 10.1. The highest BCUT2D eigenvalue weighted by Gasteiger charge is 2.02. The van der Waals surface area contributed by atoms with Crippen LogP contribution < -0.4 is 5.56 Å². The van der Waals surface area contributed by atoms with Crippen LogP contribution in [0.4, 0.5) is 0 Å². The number of rotatable bonds is 1. The third kappa shape index (κ3) is 1.54. The Morgan fingerprint density at radius 2 is 1.93 bits per heavy atom. The Kier molecular flexibility index (Phi) is 2.33. The first-order valence-electron chi connectivity index (χ1n) is 4.08. The molecule has 0 unspecified atom stereocenters. The maximum atomic E-state index is 11.4. The van der Waals surface area contributed by atoms with Crippen molar-refractivity contribution in [2.45, 2.75) is 0 Å². The number of benzene rings is 1. The van der Waals surface area contributed by atoms with E-state index < -0.39 is 0 Å². The third-order valence-corrected chi connectivity index (χ3v) is 2.12. The second-order valence-electron chi connectivity index (χ2n) is 2.73. The van der Waals surface area contributed by atoms with E-state index in [2.05, 4.69) is 5.10 Å². The van der Waals surface area contributed by atoms with Crippen LogP contribution in [0.5, 0.6) is 0 Å². The molecule has 2 aromatic rings. The average Bonchev–Trinajstić information content (AvgIpc) is 2.20. The van der Waals surface area contributed by atoms with Crippen LogP contribution in [0.15, 0.2) is 47.4 Å². The summed E-state index contributed by atoms with van der Waals surface area (Å²) in [7, 11) is 0. The SMILES string of the molecule is O=c1cccnn1-c1ccccc1Cl. The van der Waals surface area contributed by atoms with E-state index in [4.69, 9.17) is 11.6 Å².